The van der Waals surface area contributed by atoms with Gasteiger partial charge < -0.3 is 20.8 Å². The van der Waals surface area contributed by atoms with Crippen LogP contribution in [0.1, 0.15) is 39.2 Å². The summed E-state index contributed by atoms with van der Waals surface area (Å²) < 4.78 is 0. The van der Waals surface area contributed by atoms with Crippen LogP contribution in [0.25, 0.3) is 0 Å². The van der Waals surface area contributed by atoms with E-state index in [2.05, 4.69) is 27.5 Å². The fraction of sp³-hybridized carbons (Fsp3) is 0.714. The van der Waals surface area contributed by atoms with Crippen LogP contribution in [-0.2, 0) is 6.42 Å². The molecule has 20 heavy (non-hydrogen) atoms. The average molecular weight is 282 g/mol. The van der Waals surface area contributed by atoms with Gasteiger partial charge in [0.05, 0.1) is 18.8 Å². The Balaban J connectivity index is 3.12. The lowest BCUT2D eigenvalue weighted by Crippen LogP contribution is -2.45. The van der Waals surface area contributed by atoms with Gasteiger partial charge in [0.1, 0.15) is 18.0 Å². The first kappa shape index (κ1) is 16.7. The van der Waals surface area contributed by atoms with E-state index in [1.165, 1.54) is 6.33 Å². The quantitative estimate of drug-likeness (QED) is 0.547. The summed E-state index contributed by atoms with van der Waals surface area (Å²) in [6, 6.07) is 0. The van der Waals surface area contributed by atoms with Crippen LogP contribution in [0.4, 0.5) is 11.6 Å². The van der Waals surface area contributed by atoms with Crippen molar-refractivity contribution in [3.8, 4) is 0 Å². The highest BCUT2D eigenvalue weighted by Crippen LogP contribution is 2.25. The second-order valence-electron chi connectivity index (χ2n) is 4.90. The van der Waals surface area contributed by atoms with Crippen molar-refractivity contribution in [2.24, 2.45) is 0 Å². The fourth-order valence-electron chi connectivity index (χ4n) is 2.02. The van der Waals surface area contributed by atoms with Gasteiger partial charge in [0.15, 0.2) is 0 Å². The predicted molar refractivity (Wildman–Crippen MR) is 81.0 cm³/mol. The molecule has 0 unspecified atom stereocenters. The normalized spacial score (nSPS) is 11.4. The predicted octanol–water partition coefficient (Wildman–Crippen LogP) is 1.41. The Hall–Kier alpha value is -1.40. The van der Waals surface area contributed by atoms with Crippen molar-refractivity contribution >= 4 is 11.6 Å². The van der Waals surface area contributed by atoms with Crippen LogP contribution >= 0.6 is 0 Å². The molecule has 0 saturated heterocycles. The van der Waals surface area contributed by atoms with Crippen molar-refractivity contribution in [1.82, 2.24) is 9.97 Å². The van der Waals surface area contributed by atoms with Gasteiger partial charge in [-0.1, -0.05) is 20.3 Å². The molecule has 0 saturated carbocycles. The van der Waals surface area contributed by atoms with Crippen LogP contribution in [0.3, 0.4) is 0 Å². The van der Waals surface area contributed by atoms with Gasteiger partial charge in [-0.25, -0.2) is 9.97 Å². The maximum atomic E-state index is 9.55. The van der Waals surface area contributed by atoms with E-state index in [0.717, 1.165) is 30.8 Å². The zero-order valence-electron chi connectivity index (χ0n) is 12.6. The molecule has 6 nitrogen and oxygen atoms in total. The van der Waals surface area contributed by atoms with Crippen molar-refractivity contribution < 1.29 is 10.2 Å². The molecule has 0 radical (unpaired) electrons. The first-order valence-electron chi connectivity index (χ1n) is 7.24. The molecule has 1 rings (SSSR count). The Labute approximate surface area is 120 Å². The molecular weight excluding hydrogens is 256 g/mol. The van der Waals surface area contributed by atoms with Crippen molar-refractivity contribution in [3.05, 3.63) is 11.9 Å². The summed E-state index contributed by atoms with van der Waals surface area (Å²) >= 11 is 0. The van der Waals surface area contributed by atoms with Crippen LogP contribution in [0.15, 0.2) is 6.33 Å². The Kier molecular flexibility index (Phi) is 6.67. The lowest BCUT2D eigenvalue weighted by atomic mass is 9.98. The van der Waals surface area contributed by atoms with E-state index in [-0.39, 0.29) is 13.2 Å². The standard InChI is InChI=1S/C14H26N4O2/c1-4-7-11-12(15-6-3)16-10-17-13(11)18-14(5-2,8-19)9-20/h10,19-20H,4-9H2,1-3H3,(H2,15,16,17,18). The van der Waals surface area contributed by atoms with Crippen LogP contribution in [-0.4, -0.2) is 45.5 Å². The number of nitrogens with zero attached hydrogens (tertiary/aromatic N) is 2. The van der Waals surface area contributed by atoms with Crippen LogP contribution in [0.2, 0.25) is 0 Å². The third-order valence-electron chi connectivity index (χ3n) is 3.46. The largest absolute Gasteiger partial charge is 0.394 e. The molecule has 0 aromatic carbocycles. The number of nitrogens with one attached hydrogen (secondary N) is 2. The lowest BCUT2D eigenvalue weighted by molar-refractivity contribution is 0.132. The van der Waals surface area contributed by atoms with Gasteiger partial charge in [-0.05, 0) is 19.8 Å². The average Bonchev–Trinajstić information content (AvgIpc) is 2.48. The summed E-state index contributed by atoms with van der Waals surface area (Å²) in [6.07, 6.45) is 3.90. The topological polar surface area (TPSA) is 90.3 Å². The molecule has 0 fully saturated rings. The van der Waals surface area contributed by atoms with Crippen molar-refractivity contribution in [3.63, 3.8) is 0 Å². The highest BCUT2D eigenvalue weighted by Gasteiger charge is 2.28. The summed E-state index contributed by atoms with van der Waals surface area (Å²) in [5.74, 6) is 1.50. The first-order valence-corrected chi connectivity index (χ1v) is 7.24. The summed E-state index contributed by atoms with van der Waals surface area (Å²) in [7, 11) is 0. The molecule has 0 amide bonds. The number of hydrogen-bond donors (Lipinski definition) is 4. The summed E-state index contributed by atoms with van der Waals surface area (Å²) in [5.41, 5.74) is 0.247. The Morgan fingerprint density at radius 1 is 1.10 bits per heavy atom. The van der Waals surface area contributed by atoms with Crippen molar-refractivity contribution in [1.29, 1.82) is 0 Å². The lowest BCUT2D eigenvalue weighted by Gasteiger charge is -2.31. The Morgan fingerprint density at radius 3 is 2.25 bits per heavy atom. The van der Waals surface area contributed by atoms with Gasteiger partial charge in [0.25, 0.3) is 0 Å². The molecule has 1 aromatic rings. The number of aliphatic hydroxyl groups is 2. The molecule has 1 aromatic heterocycles. The van der Waals surface area contributed by atoms with Crippen molar-refractivity contribution in [2.75, 3.05) is 30.4 Å². The van der Waals surface area contributed by atoms with Crippen molar-refractivity contribution in [2.45, 2.75) is 45.6 Å². The molecule has 0 aliphatic rings. The number of hydrogen-bond acceptors (Lipinski definition) is 6. The van der Waals surface area contributed by atoms with Gasteiger partial charge in [0.2, 0.25) is 0 Å². The monoisotopic (exact) mass is 282 g/mol. The first-order chi connectivity index (χ1) is 9.66. The third kappa shape index (κ3) is 3.80. The maximum Gasteiger partial charge on any atom is 0.135 e. The van der Waals surface area contributed by atoms with E-state index < -0.39 is 5.54 Å². The third-order valence-corrected chi connectivity index (χ3v) is 3.46. The minimum atomic E-state index is -0.750. The molecular formula is C14H26N4O2. The second kappa shape index (κ2) is 8.01. The molecule has 0 spiro atoms. The second-order valence-corrected chi connectivity index (χ2v) is 4.90. The smallest absolute Gasteiger partial charge is 0.135 e. The molecule has 0 bridgehead atoms. The number of aliphatic hydroxyl groups excluding tert-OH is 2. The molecule has 114 valence electrons. The van der Waals surface area contributed by atoms with Gasteiger partial charge in [-0.2, -0.15) is 0 Å². The number of aromatic nitrogens is 2. The molecule has 0 aliphatic carbocycles. The van der Waals surface area contributed by atoms with Crippen LogP contribution in [0, 0.1) is 0 Å². The minimum Gasteiger partial charge on any atom is -0.394 e. The Bertz CT molecular complexity index is 400. The number of anilines is 2. The van der Waals surface area contributed by atoms with E-state index in [0.29, 0.717) is 12.2 Å². The van der Waals surface area contributed by atoms with Crippen LogP contribution in [0.5, 0.6) is 0 Å². The Morgan fingerprint density at radius 2 is 1.75 bits per heavy atom. The summed E-state index contributed by atoms with van der Waals surface area (Å²) in [4.78, 5) is 8.55. The minimum absolute atomic E-state index is 0.147. The fourth-order valence-corrected chi connectivity index (χ4v) is 2.02. The highest BCUT2D eigenvalue weighted by molar-refractivity contribution is 5.58. The molecule has 0 atom stereocenters. The summed E-state index contributed by atoms with van der Waals surface area (Å²) in [6.45, 7) is 6.52. The van der Waals surface area contributed by atoms with E-state index >= 15 is 0 Å². The molecule has 4 N–H and O–H groups in total. The summed E-state index contributed by atoms with van der Waals surface area (Å²) in [5, 5.41) is 25.5. The van der Waals surface area contributed by atoms with Gasteiger partial charge in [-0.3, -0.25) is 0 Å². The molecule has 1 heterocycles. The maximum absolute atomic E-state index is 9.55. The van der Waals surface area contributed by atoms with Gasteiger partial charge in [0, 0.05) is 12.1 Å². The van der Waals surface area contributed by atoms with E-state index in [1.807, 2.05) is 13.8 Å². The highest BCUT2D eigenvalue weighted by atomic mass is 16.3. The van der Waals surface area contributed by atoms with Gasteiger partial charge >= 0.3 is 0 Å². The molecule has 0 aliphatic heterocycles. The number of rotatable bonds is 9. The van der Waals surface area contributed by atoms with E-state index in [1.54, 1.807) is 0 Å². The zero-order chi connectivity index (χ0) is 15.0. The zero-order valence-corrected chi connectivity index (χ0v) is 12.6. The van der Waals surface area contributed by atoms with Crippen LogP contribution < -0.4 is 10.6 Å². The molecule has 6 heteroatoms. The SMILES string of the molecule is CCCc1c(NCC)ncnc1NC(CC)(CO)CO. The van der Waals surface area contributed by atoms with E-state index in [9.17, 15) is 10.2 Å². The van der Waals surface area contributed by atoms with Gasteiger partial charge in [-0.15, -0.1) is 0 Å². The van der Waals surface area contributed by atoms with E-state index in [4.69, 9.17) is 0 Å².